The van der Waals surface area contributed by atoms with Crippen molar-refractivity contribution in [3.05, 3.63) is 95.2 Å². The van der Waals surface area contributed by atoms with Crippen molar-refractivity contribution in [1.82, 2.24) is 20.3 Å². The van der Waals surface area contributed by atoms with E-state index in [0.717, 1.165) is 33.1 Å². The Balaban J connectivity index is 1.58. The molecule has 46 heavy (non-hydrogen) atoms. The first-order valence-corrected chi connectivity index (χ1v) is 15.5. The molecule has 2 aliphatic rings. The third kappa shape index (κ3) is 7.04. The maximum absolute atomic E-state index is 14.9. The number of nitrogens with zero attached hydrogens (tertiary/aromatic N) is 4. The molecule has 1 aromatic heterocycles. The zero-order valence-corrected chi connectivity index (χ0v) is 26.4. The molecule has 3 heterocycles. The van der Waals surface area contributed by atoms with Crippen LogP contribution in [-0.2, 0) is 20.9 Å². The third-order valence-electron chi connectivity index (χ3n) is 7.55. The third-order valence-corrected chi connectivity index (χ3v) is 9.05. The van der Waals surface area contributed by atoms with E-state index in [4.69, 9.17) is 4.74 Å². The lowest BCUT2D eigenvalue weighted by atomic mass is 9.92. The number of benzene rings is 2. The second kappa shape index (κ2) is 14.8. The predicted octanol–water partition coefficient (Wildman–Crippen LogP) is 5.08. The number of amides is 5. The molecule has 3 aromatic rings. The minimum Gasteiger partial charge on any atom is -0.380 e. The van der Waals surface area contributed by atoms with Crippen LogP contribution in [0.4, 0.5) is 29.9 Å². The molecule has 1 fully saturated rings. The Morgan fingerprint density at radius 1 is 1.07 bits per heavy atom. The number of urea groups is 2. The Bertz CT molecular complexity index is 1590. The van der Waals surface area contributed by atoms with Gasteiger partial charge in [0.15, 0.2) is 0 Å². The number of imide groups is 1. The van der Waals surface area contributed by atoms with E-state index in [2.05, 4.69) is 20.6 Å². The van der Waals surface area contributed by atoms with Crippen molar-refractivity contribution in [3.8, 4) is 0 Å². The number of carbonyl (C=O) groups excluding carboxylic acids is 3. The molecule has 5 amide bonds. The summed E-state index contributed by atoms with van der Waals surface area (Å²) in [6, 6.07) is 14.1. The average Bonchev–Trinajstić information content (AvgIpc) is 3.40. The minimum atomic E-state index is -0.852. The van der Waals surface area contributed by atoms with Gasteiger partial charge in [-0.25, -0.2) is 33.7 Å². The summed E-state index contributed by atoms with van der Waals surface area (Å²) in [5.41, 5.74) is 3.89. The molecular weight excluding hydrogens is 618 g/mol. The highest BCUT2D eigenvalue weighted by Gasteiger charge is 2.53. The van der Waals surface area contributed by atoms with E-state index in [-0.39, 0.29) is 11.4 Å². The number of likely N-dealkylation sites (N-methyl/N-ethyl adjacent to an activating group) is 1. The van der Waals surface area contributed by atoms with Gasteiger partial charge in [-0.2, -0.15) is 0 Å². The van der Waals surface area contributed by atoms with Crippen LogP contribution in [0.15, 0.2) is 72.4 Å². The number of nitrogens with one attached hydrogen (secondary N) is 2. The van der Waals surface area contributed by atoms with Gasteiger partial charge in [0.25, 0.3) is 0 Å². The van der Waals surface area contributed by atoms with Crippen molar-refractivity contribution in [2.24, 2.45) is 5.92 Å². The Morgan fingerprint density at radius 3 is 2.46 bits per heavy atom. The first-order chi connectivity index (χ1) is 22.2. The second-order valence-corrected chi connectivity index (χ2v) is 11.7. The molecule has 1 saturated heterocycles. The molecule has 0 aliphatic carbocycles. The molecule has 0 radical (unpaired) electrons. The minimum absolute atomic E-state index is 0.113. The summed E-state index contributed by atoms with van der Waals surface area (Å²) >= 11 is 1.29. The summed E-state index contributed by atoms with van der Waals surface area (Å²) in [6.07, 6.45) is 1.47. The Labute approximate surface area is 269 Å². The summed E-state index contributed by atoms with van der Waals surface area (Å²) in [5, 5.41) is 1.86. The van der Waals surface area contributed by atoms with Crippen LogP contribution in [0.5, 0.6) is 0 Å². The maximum Gasteiger partial charge on any atom is 0.343 e. The number of halogens is 2. The number of thioether (sulfide) groups is 1. The SMILES string of the molecule is CCOCCN(C)CC1=C(c2ccc(NC(=O)NOC)cc2)SC2C1C(=O)N(c1ccccn1)C(=O)N2Cc1c(F)cccc1F. The van der Waals surface area contributed by atoms with Crippen LogP contribution in [0.3, 0.4) is 0 Å². The smallest absolute Gasteiger partial charge is 0.343 e. The molecule has 0 saturated carbocycles. The standard InChI is InChI=1S/C32H34F2N6O5S/c1-4-45-17-16-38(2)18-23-27-29(41)40(26-10-5-6-15-35-26)32(43)39(19-22-24(33)8-7-9-25(22)34)30(27)46-28(23)20-11-13-21(14-12-20)36-31(42)37-44-3/h5-15,27,30H,4,16-19H2,1-3H3,(H2,36,37,42). The van der Waals surface area contributed by atoms with Crippen LogP contribution >= 0.6 is 11.8 Å². The van der Waals surface area contributed by atoms with Gasteiger partial charge >= 0.3 is 12.1 Å². The fraction of sp³-hybridized carbons (Fsp3) is 0.312. The Hall–Kier alpha value is -4.37. The molecule has 2 unspecified atom stereocenters. The number of hydrogen-bond acceptors (Lipinski definition) is 8. The van der Waals surface area contributed by atoms with Crippen LogP contribution in [0.1, 0.15) is 18.1 Å². The normalized spacial score (nSPS) is 18.0. The van der Waals surface area contributed by atoms with Crippen molar-refractivity contribution >= 4 is 46.1 Å². The van der Waals surface area contributed by atoms with Crippen molar-refractivity contribution in [1.29, 1.82) is 0 Å². The van der Waals surface area contributed by atoms with Crippen molar-refractivity contribution in [2.75, 3.05) is 50.7 Å². The highest BCUT2D eigenvalue weighted by atomic mass is 32.2. The van der Waals surface area contributed by atoms with Gasteiger partial charge in [0.05, 0.1) is 26.2 Å². The number of fused-ring (bicyclic) bond motifs is 1. The quantitative estimate of drug-likeness (QED) is 0.206. The van der Waals surface area contributed by atoms with Crippen LogP contribution < -0.4 is 15.7 Å². The topological polar surface area (TPSA) is 116 Å². The summed E-state index contributed by atoms with van der Waals surface area (Å²) < 4.78 is 35.4. The van der Waals surface area contributed by atoms with Gasteiger partial charge in [0.2, 0.25) is 5.91 Å². The van der Waals surface area contributed by atoms with Crippen molar-refractivity contribution in [2.45, 2.75) is 18.8 Å². The second-order valence-electron chi connectivity index (χ2n) is 10.6. The zero-order chi connectivity index (χ0) is 32.8. The lowest BCUT2D eigenvalue weighted by Crippen LogP contribution is -2.60. The molecule has 5 rings (SSSR count). The van der Waals surface area contributed by atoms with E-state index in [9.17, 15) is 23.2 Å². The molecule has 2 aromatic carbocycles. The van der Waals surface area contributed by atoms with E-state index in [1.807, 2.05) is 18.9 Å². The zero-order valence-electron chi connectivity index (χ0n) is 25.5. The van der Waals surface area contributed by atoms with E-state index in [1.165, 1.54) is 36.0 Å². The maximum atomic E-state index is 14.9. The highest BCUT2D eigenvalue weighted by molar-refractivity contribution is 8.09. The molecule has 0 bridgehead atoms. The first kappa shape index (κ1) is 33.0. The van der Waals surface area contributed by atoms with Crippen LogP contribution in [0, 0.1) is 17.6 Å². The monoisotopic (exact) mass is 652 g/mol. The molecule has 14 heteroatoms. The van der Waals surface area contributed by atoms with Crippen LogP contribution in [0.2, 0.25) is 0 Å². The van der Waals surface area contributed by atoms with E-state index >= 15 is 0 Å². The van der Waals surface area contributed by atoms with Gasteiger partial charge in [-0.15, -0.1) is 0 Å². The summed E-state index contributed by atoms with van der Waals surface area (Å²) in [7, 11) is 3.23. The first-order valence-electron chi connectivity index (χ1n) is 14.6. The van der Waals surface area contributed by atoms with Gasteiger partial charge in [-0.05, 0) is 61.5 Å². The molecule has 11 nitrogen and oxygen atoms in total. The highest BCUT2D eigenvalue weighted by Crippen LogP contribution is 2.52. The molecule has 2 atom stereocenters. The number of anilines is 2. The Kier molecular flexibility index (Phi) is 10.6. The van der Waals surface area contributed by atoms with Crippen LogP contribution in [0.25, 0.3) is 4.91 Å². The van der Waals surface area contributed by atoms with Crippen molar-refractivity contribution in [3.63, 3.8) is 0 Å². The van der Waals surface area contributed by atoms with Gasteiger partial charge in [0, 0.05) is 42.0 Å². The summed E-state index contributed by atoms with van der Waals surface area (Å²) in [5.74, 6) is -2.81. The number of hydroxylamine groups is 1. The average molecular weight is 653 g/mol. The lowest BCUT2D eigenvalue weighted by molar-refractivity contribution is -0.122. The number of hydrogen-bond donors (Lipinski definition) is 2. The molecular formula is C32H34F2N6O5S. The number of aromatic nitrogens is 1. The van der Waals surface area contributed by atoms with E-state index in [0.29, 0.717) is 32.0 Å². The number of rotatable bonds is 12. The van der Waals surface area contributed by atoms with Gasteiger partial charge in [-0.1, -0.05) is 36.0 Å². The molecule has 0 spiro atoms. The number of pyridine rings is 1. The summed E-state index contributed by atoms with van der Waals surface area (Å²) in [6.45, 7) is 3.47. The van der Waals surface area contributed by atoms with E-state index < -0.39 is 47.4 Å². The number of ether oxygens (including phenoxy) is 1. The number of carbonyl (C=O) groups is 3. The largest absolute Gasteiger partial charge is 0.380 e. The molecule has 2 aliphatic heterocycles. The predicted molar refractivity (Wildman–Crippen MR) is 170 cm³/mol. The van der Waals surface area contributed by atoms with E-state index in [1.54, 1.807) is 42.5 Å². The van der Waals surface area contributed by atoms with Crippen LogP contribution in [-0.4, -0.2) is 78.6 Å². The van der Waals surface area contributed by atoms with Gasteiger partial charge < -0.3 is 19.9 Å². The lowest BCUT2D eigenvalue weighted by Gasteiger charge is -2.42. The molecule has 2 N–H and O–H groups in total. The van der Waals surface area contributed by atoms with Gasteiger partial charge in [-0.3, -0.25) is 9.63 Å². The van der Waals surface area contributed by atoms with Crippen molar-refractivity contribution < 1.29 is 32.7 Å². The fourth-order valence-corrected chi connectivity index (χ4v) is 6.95. The molecule has 242 valence electrons. The Morgan fingerprint density at radius 2 is 1.80 bits per heavy atom. The fourth-order valence-electron chi connectivity index (χ4n) is 5.38. The van der Waals surface area contributed by atoms with Gasteiger partial charge in [0.1, 0.15) is 22.8 Å². The summed E-state index contributed by atoms with van der Waals surface area (Å²) in [4.78, 5) is 54.4.